The molecule has 1 heterocycles. The number of nitrogens with two attached hydrogens (primary N) is 1. The maximum Gasteiger partial charge on any atom is 0.255 e. The molecule has 0 aliphatic carbocycles. The van der Waals surface area contributed by atoms with Crippen LogP contribution in [0, 0.1) is 5.82 Å². The number of carbonyl (C=O) groups is 1. The normalized spacial score (nSPS) is 19.7. The molecule has 1 aliphatic heterocycles. The molecule has 3 N–H and O–H groups in total. The Morgan fingerprint density at radius 1 is 1.56 bits per heavy atom. The first-order valence-electron chi connectivity index (χ1n) is 5.14. The van der Waals surface area contributed by atoms with Gasteiger partial charge in [-0.2, -0.15) is 0 Å². The molecule has 16 heavy (non-hydrogen) atoms. The summed E-state index contributed by atoms with van der Waals surface area (Å²) in [4.78, 5) is 11.1. The van der Waals surface area contributed by atoms with Gasteiger partial charge in [0.1, 0.15) is 23.2 Å². The predicted octanol–water partition coefficient (Wildman–Crippen LogP) is 0.665. The fraction of sp³-hybridized carbons (Fsp3) is 0.364. The zero-order valence-corrected chi connectivity index (χ0v) is 8.70. The number of halogens is 1. The van der Waals surface area contributed by atoms with Crippen molar-refractivity contribution in [2.24, 2.45) is 5.73 Å². The van der Waals surface area contributed by atoms with Gasteiger partial charge in [0.15, 0.2) is 0 Å². The van der Waals surface area contributed by atoms with Crippen LogP contribution in [0.2, 0.25) is 0 Å². The SMILES string of the molecule is NC(=O)c1c(F)cccc1OC1CCNC1. The molecule has 0 radical (unpaired) electrons. The molecule has 1 unspecified atom stereocenters. The molecule has 2 rings (SSSR count). The summed E-state index contributed by atoms with van der Waals surface area (Å²) in [5, 5.41) is 3.12. The molecule has 1 aromatic rings. The van der Waals surface area contributed by atoms with E-state index < -0.39 is 11.7 Å². The number of primary amides is 1. The Morgan fingerprint density at radius 2 is 2.38 bits per heavy atom. The Morgan fingerprint density at radius 3 is 3.00 bits per heavy atom. The van der Waals surface area contributed by atoms with Gasteiger partial charge in [0.05, 0.1) is 0 Å². The highest BCUT2D eigenvalue weighted by Crippen LogP contribution is 2.23. The summed E-state index contributed by atoms with van der Waals surface area (Å²) in [5.74, 6) is -1.23. The van der Waals surface area contributed by atoms with E-state index in [4.69, 9.17) is 10.5 Å². The highest BCUT2D eigenvalue weighted by Gasteiger charge is 2.20. The number of ether oxygens (including phenoxy) is 1. The van der Waals surface area contributed by atoms with Crippen molar-refractivity contribution in [3.05, 3.63) is 29.6 Å². The molecular formula is C11H13FN2O2. The molecule has 0 saturated carbocycles. The van der Waals surface area contributed by atoms with E-state index in [0.717, 1.165) is 13.0 Å². The second-order valence-electron chi connectivity index (χ2n) is 3.71. The van der Waals surface area contributed by atoms with Crippen molar-refractivity contribution >= 4 is 5.91 Å². The third-order valence-corrected chi connectivity index (χ3v) is 2.53. The van der Waals surface area contributed by atoms with Crippen LogP contribution in [0.5, 0.6) is 5.75 Å². The van der Waals surface area contributed by atoms with E-state index in [0.29, 0.717) is 6.54 Å². The zero-order valence-electron chi connectivity index (χ0n) is 8.70. The van der Waals surface area contributed by atoms with Gasteiger partial charge in [-0.15, -0.1) is 0 Å². The standard InChI is InChI=1S/C11H13FN2O2/c12-8-2-1-3-9(10(8)11(13)15)16-7-4-5-14-6-7/h1-3,7,14H,4-6H2,(H2,13,15). The highest BCUT2D eigenvalue weighted by atomic mass is 19.1. The lowest BCUT2D eigenvalue weighted by atomic mass is 10.1. The molecule has 4 nitrogen and oxygen atoms in total. The quantitative estimate of drug-likeness (QED) is 0.793. The van der Waals surface area contributed by atoms with Gasteiger partial charge < -0.3 is 15.8 Å². The summed E-state index contributed by atoms with van der Waals surface area (Å²) in [6, 6.07) is 4.25. The van der Waals surface area contributed by atoms with Crippen molar-refractivity contribution in [3.63, 3.8) is 0 Å². The first-order valence-corrected chi connectivity index (χ1v) is 5.14. The number of nitrogens with one attached hydrogen (secondary N) is 1. The largest absolute Gasteiger partial charge is 0.488 e. The van der Waals surface area contributed by atoms with Gasteiger partial charge in [0.2, 0.25) is 0 Å². The molecule has 1 saturated heterocycles. The van der Waals surface area contributed by atoms with Gasteiger partial charge in [0, 0.05) is 6.54 Å². The number of rotatable bonds is 3. The van der Waals surface area contributed by atoms with Crippen LogP contribution in [-0.2, 0) is 0 Å². The van der Waals surface area contributed by atoms with Crippen molar-refractivity contribution in [1.29, 1.82) is 0 Å². The summed E-state index contributed by atoms with van der Waals surface area (Å²) in [6.45, 7) is 1.57. The summed E-state index contributed by atoms with van der Waals surface area (Å²) in [5.41, 5.74) is 4.94. The van der Waals surface area contributed by atoms with Gasteiger partial charge in [-0.1, -0.05) is 6.07 Å². The molecule has 86 valence electrons. The fourth-order valence-electron chi connectivity index (χ4n) is 1.75. The van der Waals surface area contributed by atoms with Crippen molar-refractivity contribution in [3.8, 4) is 5.75 Å². The van der Waals surface area contributed by atoms with Gasteiger partial charge in [-0.3, -0.25) is 4.79 Å². The average molecular weight is 224 g/mol. The molecule has 1 fully saturated rings. The Kier molecular flexibility index (Phi) is 3.05. The minimum absolute atomic E-state index is 0.0279. The van der Waals surface area contributed by atoms with E-state index in [2.05, 4.69) is 5.32 Å². The summed E-state index contributed by atoms with van der Waals surface area (Å²) in [7, 11) is 0. The molecule has 1 aliphatic rings. The molecule has 0 spiro atoms. The minimum Gasteiger partial charge on any atom is -0.488 e. The fourth-order valence-corrected chi connectivity index (χ4v) is 1.75. The number of amides is 1. The third-order valence-electron chi connectivity index (χ3n) is 2.53. The van der Waals surface area contributed by atoms with Crippen LogP contribution in [0.1, 0.15) is 16.8 Å². The van der Waals surface area contributed by atoms with E-state index >= 15 is 0 Å². The van der Waals surface area contributed by atoms with Crippen LogP contribution in [0.4, 0.5) is 4.39 Å². The Bertz CT molecular complexity index is 403. The zero-order chi connectivity index (χ0) is 11.5. The second-order valence-corrected chi connectivity index (χ2v) is 3.71. The van der Waals surface area contributed by atoms with Crippen molar-refractivity contribution in [2.75, 3.05) is 13.1 Å². The Labute approximate surface area is 92.6 Å². The van der Waals surface area contributed by atoms with Gasteiger partial charge in [-0.05, 0) is 25.1 Å². The maximum atomic E-state index is 13.4. The Balaban J connectivity index is 2.25. The number of hydrogen-bond acceptors (Lipinski definition) is 3. The van der Waals surface area contributed by atoms with Gasteiger partial charge in [-0.25, -0.2) is 4.39 Å². The van der Waals surface area contributed by atoms with E-state index in [1.54, 1.807) is 6.07 Å². The number of hydrogen-bond donors (Lipinski definition) is 2. The molecule has 1 amide bonds. The average Bonchev–Trinajstić information content (AvgIpc) is 2.70. The molecule has 5 heteroatoms. The van der Waals surface area contributed by atoms with Crippen molar-refractivity contribution in [1.82, 2.24) is 5.32 Å². The smallest absolute Gasteiger partial charge is 0.255 e. The summed E-state index contributed by atoms with van der Waals surface area (Å²) < 4.78 is 18.9. The van der Waals surface area contributed by atoms with Crippen molar-refractivity contribution in [2.45, 2.75) is 12.5 Å². The monoisotopic (exact) mass is 224 g/mol. The number of carbonyl (C=O) groups excluding carboxylic acids is 1. The molecular weight excluding hydrogens is 211 g/mol. The van der Waals surface area contributed by atoms with Crippen LogP contribution >= 0.6 is 0 Å². The van der Waals surface area contributed by atoms with Crippen LogP contribution in [0.25, 0.3) is 0 Å². The molecule has 0 aromatic heterocycles. The van der Waals surface area contributed by atoms with E-state index in [9.17, 15) is 9.18 Å². The Hall–Kier alpha value is -1.62. The van der Waals surface area contributed by atoms with Crippen LogP contribution in [0.15, 0.2) is 18.2 Å². The van der Waals surface area contributed by atoms with Gasteiger partial charge >= 0.3 is 0 Å². The highest BCUT2D eigenvalue weighted by molar-refractivity contribution is 5.95. The van der Waals surface area contributed by atoms with Crippen LogP contribution in [0.3, 0.4) is 0 Å². The van der Waals surface area contributed by atoms with Gasteiger partial charge in [0.25, 0.3) is 5.91 Å². The lowest BCUT2D eigenvalue weighted by Crippen LogP contribution is -2.22. The second kappa shape index (κ2) is 4.49. The first kappa shape index (κ1) is 10.9. The van der Waals surface area contributed by atoms with Crippen LogP contribution < -0.4 is 15.8 Å². The molecule has 0 bridgehead atoms. The van der Waals surface area contributed by atoms with E-state index in [-0.39, 0.29) is 17.4 Å². The third kappa shape index (κ3) is 2.14. The summed E-state index contributed by atoms with van der Waals surface area (Å²) in [6.07, 6.45) is 0.814. The predicted molar refractivity (Wildman–Crippen MR) is 56.8 cm³/mol. The first-order chi connectivity index (χ1) is 7.68. The lowest BCUT2D eigenvalue weighted by molar-refractivity contribution is 0.0989. The van der Waals surface area contributed by atoms with Crippen LogP contribution in [-0.4, -0.2) is 25.1 Å². The molecule has 1 atom stereocenters. The number of benzene rings is 1. The topological polar surface area (TPSA) is 64.4 Å². The lowest BCUT2D eigenvalue weighted by Gasteiger charge is -2.14. The van der Waals surface area contributed by atoms with E-state index in [1.807, 2.05) is 0 Å². The summed E-state index contributed by atoms with van der Waals surface area (Å²) >= 11 is 0. The van der Waals surface area contributed by atoms with Crippen molar-refractivity contribution < 1.29 is 13.9 Å². The maximum absolute atomic E-state index is 13.4. The molecule has 1 aromatic carbocycles. The minimum atomic E-state index is -0.806. The van der Waals surface area contributed by atoms with E-state index in [1.165, 1.54) is 12.1 Å².